The van der Waals surface area contributed by atoms with Gasteiger partial charge in [-0.15, -0.1) is 0 Å². The van der Waals surface area contributed by atoms with Gasteiger partial charge in [0.05, 0.1) is 5.56 Å². The summed E-state index contributed by atoms with van der Waals surface area (Å²) in [5.74, 6) is 1.78. The monoisotopic (exact) mass is 435 g/mol. The van der Waals surface area contributed by atoms with E-state index in [2.05, 4.69) is 15.3 Å². The van der Waals surface area contributed by atoms with Crippen LogP contribution >= 0.6 is 0 Å². The number of carbonyl (C=O) groups is 1. The van der Waals surface area contributed by atoms with E-state index in [4.69, 9.17) is 5.73 Å². The molecule has 1 aromatic heterocycles. The Morgan fingerprint density at radius 3 is 2.42 bits per heavy atom. The van der Waals surface area contributed by atoms with Crippen molar-refractivity contribution in [3.8, 4) is 0 Å². The maximum Gasteiger partial charge on any atom is 0.416 e. The molecule has 168 valence electrons. The second-order valence-electron chi connectivity index (χ2n) is 8.35. The van der Waals surface area contributed by atoms with Crippen LogP contribution < -0.4 is 16.0 Å². The lowest BCUT2D eigenvalue weighted by atomic mass is 9.81. The normalized spacial score (nSPS) is 19.2. The topological polar surface area (TPSA) is 84.1 Å². The first-order chi connectivity index (χ1) is 14.5. The molecule has 1 saturated carbocycles. The molecule has 0 unspecified atom stereocenters. The number of nitrogens with two attached hydrogens (primary N) is 1. The smallest absolute Gasteiger partial charge is 0.367 e. The fraction of sp³-hybridized carbons (Fsp3) is 0.500. The average molecular weight is 435 g/mol. The first-order valence-corrected chi connectivity index (χ1v) is 10.3. The van der Waals surface area contributed by atoms with Crippen LogP contribution in [0.4, 0.5) is 24.8 Å². The third kappa shape index (κ3) is 5.86. The maximum absolute atomic E-state index is 13.1. The van der Waals surface area contributed by atoms with Crippen LogP contribution in [0.1, 0.15) is 53.0 Å². The number of hydrogen-bond acceptors (Lipinski definition) is 5. The number of aryl methyl sites for hydroxylation is 1. The number of benzene rings is 1. The van der Waals surface area contributed by atoms with Crippen molar-refractivity contribution < 1.29 is 18.0 Å². The van der Waals surface area contributed by atoms with E-state index in [1.165, 1.54) is 6.07 Å². The lowest BCUT2D eigenvalue weighted by Crippen LogP contribution is -2.28. The van der Waals surface area contributed by atoms with Gasteiger partial charge in [0.2, 0.25) is 5.91 Å². The number of carbonyl (C=O) groups excluding carboxylic acids is 1. The zero-order chi connectivity index (χ0) is 22.8. The highest BCUT2D eigenvalue weighted by Gasteiger charge is 2.32. The standard InChI is InChI=1S/C22H28F3N5O/c1-13-27-19(12-20(28-13)30(2)3)29-17-7-4-14(5-8-17)10-15-11-16(22(23,24)25)6-9-18(15)21(26)31/h6,9,11-12,14,17H,4-5,7-8,10H2,1-3H3,(H2,26,31)(H,27,28,29). The summed E-state index contributed by atoms with van der Waals surface area (Å²) < 4.78 is 39.3. The Hall–Kier alpha value is -2.84. The predicted molar refractivity (Wildman–Crippen MR) is 114 cm³/mol. The Morgan fingerprint density at radius 1 is 1.16 bits per heavy atom. The van der Waals surface area contributed by atoms with Gasteiger partial charge in [0.1, 0.15) is 17.5 Å². The maximum atomic E-state index is 13.1. The van der Waals surface area contributed by atoms with E-state index in [9.17, 15) is 18.0 Å². The van der Waals surface area contributed by atoms with Crippen LogP contribution in [0, 0.1) is 12.8 Å². The summed E-state index contributed by atoms with van der Waals surface area (Å²) in [5.41, 5.74) is 5.18. The van der Waals surface area contributed by atoms with Crippen molar-refractivity contribution >= 4 is 17.5 Å². The molecule has 0 bridgehead atoms. The van der Waals surface area contributed by atoms with Gasteiger partial charge in [0.15, 0.2) is 0 Å². The summed E-state index contributed by atoms with van der Waals surface area (Å²) in [4.78, 5) is 22.5. The van der Waals surface area contributed by atoms with Gasteiger partial charge in [0, 0.05) is 31.8 Å². The molecular formula is C22H28F3N5O. The van der Waals surface area contributed by atoms with Crippen LogP contribution in [0.25, 0.3) is 0 Å². The molecule has 6 nitrogen and oxygen atoms in total. The molecule has 1 heterocycles. The van der Waals surface area contributed by atoms with E-state index in [1.807, 2.05) is 32.0 Å². The molecule has 0 atom stereocenters. The van der Waals surface area contributed by atoms with Crippen molar-refractivity contribution in [2.24, 2.45) is 11.7 Å². The summed E-state index contributed by atoms with van der Waals surface area (Å²) in [7, 11) is 3.84. The summed E-state index contributed by atoms with van der Waals surface area (Å²) in [6.07, 6.45) is -0.612. The van der Waals surface area contributed by atoms with E-state index in [0.717, 1.165) is 49.5 Å². The Kier molecular flexibility index (Phi) is 6.71. The van der Waals surface area contributed by atoms with E-state index in [-0.39, 0.29) is 17.5 Å². The molecule has 9 heteroatoms. The molecule has 1 aliphatic carbocycles. The number of amides is 1. The fourth-order valence-electron chi connectivity index (χ4n) is 4.07. The molecule has 3 rings (SSSR count). The van der Waals surface area contributed by atoms with Crippen molar-refractivity contribution in [2.75, 3.05) is 24.3 Å². The molecule has 1 aliphatic rings. The SMILES string of the molecule is Cc1nc(NC2CCC(Cc3cc(C(F)(F)F)ccc3C(N)=O)CC2)cc(N(C)C)n1. The second-order valence-corrected chi connectivity index (χ2v) is 8.35. The first-order valence-electron chi connectivity index (χ1n) is 10.3. The highest BCUT2D eigenvalue weighted by Crippen LogP contribution is 2.34. The average Bonchev–Trinajstić information content (AvgIpc) is 2.68. The zero-order valence-corrected chi connectivity index (χ0v) is 18.0. The quantitative estimate of drug-likeness (QED) is 0.711. The highest BCUT2D eigenvalue weighted by atomic mass is 19.4. The van der Waals surface area contributed by atoms with Gasteiger partial charge in [-0.3, -0.25) is 4.79 Å². The van der Waals surface area contributed by atoms with Gasteiger partial charge >= 0.3 is 6.18 Å². The van der Waals surface area contributed by atoms with Crippen molar-refractivity contribution in [1.82, 2.24) is 9.97 Å². The molecule has 2 aromatic rings. The fourth-order valence-corrected chi connectivity index (χ4v) is 4.07. The van der Waals surface area contributed by atoms with Crippen LogP contribution in [0.3, 0.4) is 0 Å². The molecule has 3 N–H and O–H groups in total. The van der Waals surface area contributed by atoms with Crippen LogP contribution in [0.15, 0.2) is 24.3 Å². The molecule has 1 aromatic carbocycles. The van der Waals surface area contributed by atoms with Gasteiger partial charge in [-0.2, -0.15) is 13.2 Å². The summed E-state index contributed by atoms with van der Waals surface area (Å²) >= 11 is 0. The number of nitrogens with one attached hydrogen (secondary N) is 1. The van der Waals surface area contributed by atoms with E-state index in [1.54, 1.807) is 0 Å². The lowest BCUT2D eigenvalue weighted by molar-refractivity contribution is -0.137. The molecule has 0 radical (unpaired) electrons. The number of alkyl halides is 3. The minimum atomic E-state index is -4.45. The summed E-state index contributed by atoms with van der Waals surface area (Å²) in [6, 6.07) is 5.30. The third-order valence-corrected chi connectivity index (χ3v) is 5.69. The molecule has 1 fully saturated rings. The number of aromatic nitrogens is 2. The Balaban J connectivity index is 1.65. The van der Waals surface area contributed by atoms with Gasteiger partial charge in [-0.1, -0.05) is 0 Å². The largest absolute Gasteiger partial charge is 0.416 e. The Labute approximate surface area is 180 Å². The highest BCUT2D eigenvalue weighted by molar-refractivity contribution is 5.94. The van der Waals surface area contributed by atoms with Gasteiger partial charge < -0.3 is 16.0 Å². The van der Waals surface area contributed by atoms with Crippen molar-refractivity contribution in [3.63, 3.8) is 0 Å². The van der Waals surface area contributed by atoms with Gasteiger partial charge in [-0.25, -0.2) is 9.97 Å². The summed E-state index contributed by atoms with van der Waals surface area (Å²) in [6.45, 7) is 1.85. The van der Waals surface area contributed by atoms with Gasteiger partial charge in [0.25, 0.3) is 0 Å². The van der Waals surface area contributed by atoms with Gasteiger partial charge in [-0.05, 0) is 68.7 Å². The Morgan fingerprint density at radius 2 is 1.84 bits per heavy atom. The number of anilines is 2. The van der Waals surface area contributed by atoms with E-state index in [0.29, 0.717) is 17.8 Å². The molecule has 1 amide bonds. The van der Waals surface area contributed by atoms with Crippen molar-refractivity contribution in [3.05, 3.63) is 46.8 Å². The number of halogens is 3. The summed E-state index contributed by atoms with van der Waals surface area (Å²) in [5, 5.41) is 3.46. The molecule has 0 aliphatic heterocycles. The lowest BCUT2D eigenvalue weighted by Gasteiger charge is -2.30. The van der Waals surface area contributed by atoms with Crippen LogP contribution in [-0.2, 0) is 12.6 Å². The number of hydrogen-bond donors (Lipinski definition) is 2. The minimum Gasteiger partial charge on any atom is -0.367 e. The number of nitrogens with zero attached hydrogens (tertiary/aromatic N) is 3. The molecule has 31 heavy (non-hydrogen) atoms. The predicted octanol–water partition coefficient (Wildman–Crippen LogP) is 4.18. The number of rotatable bonds is 6. The van der Waals surface area contributed by atoms with Crippen molar-refractivity contribution in [2.45, 2.75) is 51.2 Å². The van der Waals surface area contributed by atoms with E-state index >= 15 is 0 Å². The molecular weight excluding hydrogens is 407 g/mol. The Bertz CT molecular complexity index is 937. The van der Waals surface area contributed by atoms with Crippen LogP contribution in [-0.4, -0.2) is 36.0 Å². The second kappa shape index (κ2) is 9.11. The third-order valence-electron chi connectivity index (χ3n) is 5.69. The van der Waals surface area contributed by atoms with Crippen LogP contribution in [0.2, 0.25) is 0 Å². The first kappa shape index (κ1) is 22.8. The van der Waals surface area contributed by atoms with E-state index < -0.39 is 17.6 Å². The zero-order valence-electron chi connectivity index (χ0n) is 18.0. The number of primary amides is 1. The molecule has 0 spiro atoms. The molecule has 0 saturated heterocycles. The van der Waals surface area contributed by atoms with Crippen LogP contribution in [0.5, 0.6) is 0 Å². The van der Waals surface area contributed by atoms with Crippen molar-refractivity contribution in [1.29, 1.82) is 0 Å². The minimum absolute atomic E-state index is 0.168.